The van der Waals surface area contributed by atoms with Gasteiger partial charge in [-0.15, -0.1) is 0 Å². The van der Waals surface area contributed by atoms with Crippen LogP contribution in [0.5, 0.6) is 11.6 Å². The van der Waals surface area contributed by atoms with Crippen LogP contribution in [0.1, 0.15) is 5.76 Å². The standard InChI is InChI=1S/C17H14N6O2/c1-10-8-13(23-25-10)22-16-14(18)17(21-9-20-16)24-12-6-2-4-11-5-3-7-19-15(11)12/h2-9H,18H2,1H3,(H,20,21,22,23). The van der Waals surface area contributed by atoms with Gasteiger partial charge in [-0.2, -0.15) is 4.98 Å². The lowest BCUT2D eigenvalue weighted by atomic mass is 10.2. The van der Waals surface area contributed by atoms with E-state index in [-0.39, 0.29) is 11.6 Å². The molecule has 0 aliphatic carbocycles. The highest BCUT2D eigenvalue weighted by Crippen LogP contribution is 2.33. The van der Waals surface area contributed by atoms with Crippen molar-refractivity contribution in [3.8, 4) is 11.6 Å². The topological polar surface area (TPSA) is 112 Å². The molecular formula is C17H14N6O2. The molecule has 0 bridgehead atoms. The van der Waals surface area contributed by atoms with Crippen LogP contribution in [0.4, 0.5) is 17.3 Å². The maximum absolute atomic E-state index is 6.14. The third-order valence-corrected chi connectivity index (χ3v) is 3.52. The smallest absolute Gasteiger partial charge is 0.248 e. The molecule has 25 heavy (non-hydrogen) atoms. The van der Waals surface area contributed by atoms with E-state index in [2.05, 4.69) is 25.4 Å². The van der Waals surface area contributed by atoms with Crippen LogP contribution in [0.15, 0.2) is 53.4 Å². The van der Waals surface area contributed by atoms with Crippen LogP contribution in [0, 0.1) is 6.92 Å². The molecule has 0 saturated heterocycles. The van der Waals surface area contributed by atoms with E-state index in [0.29, 0.717) is 23.1 Å². The largest absolute Gasteiger partial charge is 0.435 e. The van der Waals surface area contributed by atoms with E-state index in [9.17, 15) is 0 Å². The molecule has 1 aromatic carbocycles. The van der Waals surface area contributed by atoms with Gasteiger partial charge >= 0.3 is 0 Å². The van der Waals surface area contributed by atoms with Gasteiger partial charge in [-0.1, -0.05) is 23.4 Å². The van der Waals surface area contributed by atoms with Crippen LogP contribution in [-0.2, 0) is 0 Å². The van der Waals surface area contributed by atoms with E-state index in [0.717, 1.165) is 10.9 Å². The van der Waals surface area contributed by atoms with Crippen molar-refractivity contribution in [2.45, 2.75) is 6.92 Å². The number of nitrogens with two attached hydrogens (primary N) is 1. The Labute approximate surface area is 142 Å². The number of nitrogens with one attached hydrogen (secondary N) is 1. The number of nitrogen functional groups attached to an aromatic ring is 1. The number of fused-ring (bicyclic) bond motifs is 1. The number of rotatable bonds is 4. The fraction of sp³-hybridized carbons (Fsp3) is 0.0588. The SMILES string of the molecule is Cc1cc(Nc2ncnc(Oc3cccc4cccnc34)c2N)no1. The molecule has 4 aromatic rings. The minimum atomic E-state index is 0.232. The van der Waals surface area contributed by atoms with Gasteiger partial charge in [0, 0.05) is 17.6 Å². The molecule has 0 saturated carbocycles. The van der Waals surface area contributed by atoms with E-state index in [1.54, 1.807) is 19.2 Å². The number of ether oxygens (including phenoxy) is 1. The summed E-state index contributed by atoms with van der Waals surface area (Å²) in [5.74, 6) is 2.35. The lowest BCUT2D eigenvalue weighted by Gasteiger charge is -2.11. The lowest BCUT2D eigenvalue weighted by Crippen LogP contribution is -2.03. The Morgan fingerprint density at radius 1 is 1.12 bits per heavy atom. The second kappa shape index (κ2) is 6.08. The quantitative estimate of drug-likeness (QED) is 0.583. The van der Waals surface area contributed by atoms with Gasteiger partial charge in [-0.05, 0) is 19.1 Å². The molecule has 0 fully saturated rings. The summed E-state index contributed by atoms with van der Waals surface area (Å²) in [6.07, 6.45) is 3.07. The summed E-state index contributed by atoms with van der Waals surface area (Å²) in [6, 6.07) is 11.2. The maximum Gasteiger partial charge on any atom is 0.248 e. The highest BCUT2D eigenvalue weighted by Gasteiger charge is 2.13. The maximum atomic E-state index is 6.14. The van der Waals surface area contributed by atoms with Crippen molar-refractivity contribution in [3.63, 3.8) is 0 Å². The zero-order chi connectivity index (χ0) is 17.2. The summed E-state index contributed by atoms with van der Waals surface area (Å²) >= 11 is 0. The summed E-state index contributed by atoms with van der Waals surface area (Å²) in [7, 11) is 0. The van der Waals surface area contributed by atoms with E-state index in [1.807, 2.05) is 30.3 Å². The number of hydrogen-bond acceptors (Lipinski definition) is 8. The predicted octanol–water partition coefficient (Wildman–Crippen LogP) is 3.44. The summed E-state index contributed by atoms with van der Waals surface area (Å²) in [6.45, 7) is 1.80. The molecule has 3 N–H and O–H groups in total. The van der Waals surface area contributed by atoms with Crippen molar-refractivity contribution in [2.75, 3.05) is 11.1 Å². The van der Waals surface area contributed by atoms with Crippen LogP contribution < -0.4 is 15.8 Å². The van der Waals surface area contributed by atoms with Crippen LogP contribution in [0.25, 0.3) is 10.9 Å². The number of pyridine rings is 1. The second-order valence-electron chi connectivity index (χ2n) is 5.32. The highest BCUT2D eigenvalue weighted by molar-refractivity contribution is 5.84. The first-order chi connectivity index (χ1) is 12.2. The van der Waals surface area contributed by atoms with Crippen LogP contribution in [0.3, 0.4) is 0 Å². The molecule has 3 aromatic heterocycles. The van der Waals surface area contributed by atoms with Crippen molar-refractivity contribution < 1.29 is 9.26 Å². The highest BCUT2D eigenvalue weighted by atomic mass is 16.5. The van der Waals surface area contributed by atoms with Crippen molar-refractivity contribution in [1.29, 1.82) is 0 Å². The fourth-order valence-corrected chi connectivity index (χ4v) is 2.37. The fourth-order valence-electron chi connectivity index (χ4n) is 2.37. The van der Waals surface area contributed by atoms with Gasteiger partial charge in [0.25, 0.3) is 0 Å². The third kappa shape index (κ3) is 2.92. The lowest BCUT2D eigenvalue weighted by molar-refractivity contribution is 0.400. The second-order valence-corrected chi connectivity index (χ2v) is 5.32. The molecule has 8 heteroatoms. The van der Waals surface area contributed by atoms with Crippen LogP contribution >= 0.6 is 0 Å². The van der Waals surface area contributed by atoms with Crippen molar-refractivity contribution in [1.82, 2.24) is 20.1 Å². The van der Waals surface area contributed by atoms with E-state index < -0.39 is 0 Å². The molecule has 124 valence electrons. The van der Waals surface area contributed by atoms with Crippen LogP contribution in [0.2, 0.25) is 0 Å². The molecule has 0 unspecified atom stereocenters. The first-order valence-electron chi connectivity index (χ1n) is 7.53. The predicted molar refractivity (Wildman–Crippen MR) is 92.8 cm³/mol. The summed E-state index contributed by atoms with van der Waals surface area (Å²) in [5.41, 5.74) is 7.13. The van der Waals surface area contributed by atoms with Gasteiger partial charge < -0.3 is 20.3 Å². The number of aromatic nitrogens is 4. The summed E-state index contributed by atoms with van der Waals surface area (Å²) < 4.78 is 10.9. The number of benzene rings is 1. The van der Waals surface area contributed by atoms with Crippen molar-refractivity contribution in [2.24, 2.45) is 0 Å². The Morgan fingerprint density at radius 3 is 2.84 bits per heavy atom. The van der Waals surface area contributed by atoms with Gasteiger partial charge in [-0.3, -0.25) is 4.98 Å². The van der Waals surface area contributed by atoms with Crippen molar-refractivity contribution >= 4 is 28.2 Å². The molecule has 0 amide bonds. The molecule has 0 spiro atoms. The zero-order valence-electron chi connectivity index (χ0n) is 13.3. The van der Waals surface area contributed by atoms with E-state index in [1.165, 1.54) is 6.33 Å². The van der Waals surface area contributed by atoms with E-state index in [4.69, 9.17) is 15.0 Å². The summed E-state index contributed by atoms with van der Waals surface area (Å²) in [4.78, 5) is 12.6. The molecule has 4 rings (SSSR count). The Balaban J connectivity index is 1.67. The first kappa shape index (κ1) is 14.9. The van der Waals surface area contributed by atoms with Gasteiger partial charge in [0.05, 0.1) is 0 Å². The average molecular weight is 334 g/mol. The third-order valence-electron chi connectivity index (χ3n) is 3.52. The first-order valence-corrected chi connectivity index (χ1v) is 7.53. The van der Waals surface area contributed by atoms with E-state index >= 15 is 0 Å². The zero-order valence-corrected chi connectivity index (χ0v) is 13.3. The molecule has 0 aliphatic heterocycles. The van der Waals surface area contributed by atoms with Gasteiger partial charge in [0.2, 0.25) is 5.88 Å². The Bertz CT molecular complexity index is 1040. The number of para-hydroxylation sites is 1. The molecule has 0 atom stereocenters. The molecule has 0 aliphatic rings. The van der Waals surface area contributed by atoms with Gasteiger partial charge in [-0.25, -0.2) is 4.98 Å². The van der Waals surface area contributed by atoms with Gasteiger partial charge in [0.1, 0.15) is 23.3 Å². The van der Waals surface area contributed by atoms with Crippen molar-refractivity contribution in [3.05, 3.63) is 54.7 Å². The number of hydrogen-bond donors (Lipinski definition) is 2. The molecular weight excluding hydrogens is 320 g/mol. The average Bonchev–Trinajstić information content (AvgIpc) is 3.04. The minimum absolute atomic E-state index is 0.232. The Kier molecular flexibility index (Phi) is 3.62. The number of anilines is 3. The Hall–Kier alpha value is -3.68. The molecule has 0 radical (unpaired) electrons. The molecule has 3 heterocycles. The Morgan fingerprint density at radius 2 is 2.00 bits per heavy atom. The normalized spacial score (nSPS) is 10.8. The number of aryl methyl sites for hydroxylation is 1. The van der Waals surface area contributed by atoms with Crippen LogP contribution in [-0.4, -0.2) is 20.1 Å². The number of nitrogens with zero attached hydrogens (tertiary/aromatic N) is 4. The molecule has 8 nitrogen and oxygen atoms in total. The summed E-state index contributed by atoms with van der Waals surface area (Å²) in [5, 5.41) is 7.80. The van der Waals surface area contributed by atoms with Gasteiger partial charge in [0.15, 0.2) is 17.4 Å². The monoisotopic (exact) mass is 334 g/mol. The minimum Gasteiger partial charge on any atom is -0.435 e.